The average Bonchev–Trinajstić information content (AvgIpc) is 2.19. The van der Waals surface area contributed by atoms with Crippen LogP contribution in [0.3, 0.4) is 0 Å². The van der Waals surface area contributed by atoms with Crippen LogP contribution in [-0.2, 0) is 19.4 Å². The molecule has 0 bridgehead atoms. The monoisotopic (exact) mass is 279 g/mol. The van der Waals surface area contributed by atoms with Crippen LogP contribution in [0.15, 0.2) is 0 Å². The topological polar surface area (TPSA) is 132 Å². The van der Waals surface area contributed by atoms with E-state index < -0.39 is 33.7 Å². The molecule has 0 aromatic heterocycles. The van der Waals surface area contributed by atoms with Crippen molar-refractivity contribution in [2.75, 3.05) is 12.0 Å². The van der Waals surface area contributed by atoms with Gasteiger partial charge in [-0.05, 0) is 12.3 Å². The molecule has 0 rings (SSSR count). The van der Waals surface area contributed by atoms with Crippen molar-refractivity contribution in [3.8, 4) is 0 Å². The van der Waals surface area contributed by atoms with Gasteiger partial charge in [0, 0.05) is 6.26 Å². The van der Waals surface area contributed by atoms with E-state index in [1.807, 2.05) is 0 Å². The highest BCUT2D eigenvalue weighted by molar-refractivity contribution is 7.90. The normalized spacial score (nSPS) is 15.2. The Bertz CT molecular complexity index is 405. The Balaban J connectivity index is 4.43. The molecule has 18 heavy (non-hydrogen) atoms. The molecule has 2 unspecified atom stereocenters. The van der Waals surface area contributed by atoms with Crippen LogP contribution in [0, 0.1) is 5.92 Å². The van der Waals surface area contributed by atoms with E-state index in [1.165, 1.54) is 0 Å². The van der Waals surface area contributed by atoms with Crippen molar-refractivity contribution in [1.29, 1.82) is 0 Å². The minimum atomic E-state index is -3.17. The first-order valence-electron chi connectivity index (χ1n) is 5.57. The van der Waals surface area contributed by atoms with Gasteiger partial charge in [0.1, 0.15) is 15.9 Å². The van der Waals surface area contributed by atoms with Crippen LogP contribution in [0.2, 0.25) is 0 Å². The summed E-state index contributed by atoms with van der Waals surface area (Å²) in [4.78, 5) is 22.7. The van der Waals surface area contributed by atoms with Gasteiger partial charge in [0.25, 0.3) is 0 Å². The lowest BCUT2D eigenvalue weighted by molar-refractivity contribution is -0.129. The lowest BCUT2D eigenvalue weighted by Crippen LogP contribution is -2.52. The van der Waals surface area contributed by atoms with Gasteiger partial charge in [-0.15, -0.1) is 0 Å². The summed E-state index contributed by atoms with van der Waals surface area (Å²) >= 11 is 0. The van der Waals surface area contributed by atoms with Crippen molar-refractivity contribution in [3.63, 3.8) is 0 Å². The van der Waals surface area contributed by atoms with E-state index >= 15 is 0 Å². The van der Waals surface area contributed by atoms with Crippen LogP contribution in [0.5, 0.6) is 0 Å². The maximum absolute atomic E-state index is 11.6. The summed E-state index contributed by atoms with van der Waals surface area (Å²) in [5.41, 5.74) is 10.7. The molecular weight excluding hydrogens is 258 g/mol. The highest BCUT2D eigenvalue weighted by Crippen LogP contribution is 2.02. The van der Waals surface area contributed by atoms with E-state index in [2.05, 4.69) is 5.32 Å². The molecule has 0 saturated carbocycles. The summed E-state index contributed by atoms with van der Waals surface area (Å²) in [5, 5.41) is 2.42. The maximum Gasteiger partial charge on any atom is 0.240 e. The van der Waals surface area contributed by atoms with Crippen molar-refractivity contribution >= 4 is 21.7 Å². The van der Waals surface area contributed by atoms with E-state index in [9.17, 15) is 18.0 Å². The van der Waals surface area contributed by atoms with Crippen molar-refractivity contribution in [3.05, 3.63) is 0 Å². The number of hydrogen-bond donors (Lipinski definition) is 3. The molecule has 0 radical (unpaired) electrons. The predicted molar refractivity (Wildman–Crippen MR) is 68.3 cm³/mol. The van der Waals surface area contributed by atoms with Gasteiger partial charge in [-0.1, -0.05) is 13.8 Å². The third kappa shape index (κ3) is 6.55. The molecule has 2 amide bonds. The van der Waals surface area contributed by atoms with E-state index in [-0.39, 0.29) is 18.1 Å². The number of carbonyl (C=O) groups excluding carboxylic acids is 2. The Morgan fingerprint density at radius 1 is 1.28 bits per heavy atom. The molecular formula is C10H21N3O4S. The van der Waals surface area contributed by atoms with Crippen molar-refractivity contribution in [2.24, 2.45) is 17.4 Å². The standard InChI is InChI=1S/C10H21N3O4S/c1-6(2)8(9(12)14)13-10(15)7(11)4-5-18(3,16)17/h6-8H,4-5,11H2,1-3H3,(H2,12,14)(H,13,15). The number of carbonyl (C=O) groups is 2. The van der Waals surface area contributed by atoms with Gasteiger partial charge in [0.05, 0.1) is 11.8 Å². The summed E-state index contributed by atoms with van der Waals surface area (Å²) in [6.45, 7) is 3.47. The minimum absolute atomic E-state index is 0.00818. The molecule has 0 aromatic rings. The minimum Gasteiger partial charge on any atom is -0.368 e. The van der Waals surface area contributed by atoms with Crippen molar-refractivity contribution in [1.82, 2.24) is 5.32 Å². The second-order valence-electron chi connectivity index (χ2n) is 4.66. The van der Waals surface area contributed by atoms with Gasteiger partial charge in [0.15, 0.2) is 0 Å². The third-order valence-corrected chi connectivity index (χ3v) is 3.38. The fourth-order valence-electron chi connectivity index (χ4n) is 1.30. The number of rotatable bonds is 7. The maximum atomic E-state index is 11.6. The quantitative estimate of drug-likeness (QED) is 0.515. The predicted octanol–water partition coefficient (Wildman–Crippen LogP) is -1.63. The summed E-state index contributed by atoms with van der Waals surface area (Å²) < 4.78 is 21.9. The zero-order valence-corrected chi connectivity index (χ0v) is 11.7. The smallest absolute Gasteiger partial charge is 0.240 e. The van der Waals surface area contributed by atoms with Crippen LogP contribution < -0.4 is 16.8 Å². The number of primary amides is 1. The van der Waals surface area contributed by atoms with Gasteiger partial charge in [-0.25, -0.2) is 8.42 Å². The number of nitrogens with one attached hydrogen (secondary N) is 1. The van der Waals surface area contributed by atoms with Gasteiger partial charge in [0.2, 0.25) is 11.8 Å². The van der Waals surface area contributed by atoms with Crippen LogP contribution in [-0.4, -0.2) is 44.3 Å². The van der Waals surface area contributed by atoms with E-state index in [4.69, 9.17) is 11.5 Å². The van der Waals surface area contributed by atoms with Gasteiger partial charge in [-0.3, -0.25) is 9.59 Å². The Hall–Kier alpha value is -1.15. The number of hydrogen-bond acceptors (Lipinski definition) is 5. The molecule has 0 aromatic carbocycles. The van der Waals surface area contributed by atoms with E-state index in [1.54, 1.807) is 13.8 Å². The van der Waals surface area contributed by atoms with Crippen LogP contribution in [0.1, 0.15) is 20.3 Å². The largest absolute Gasteiger partial charge is 0.368 e. The Morgan fingerprint density at radius 3 is 2.11 bits per heavy atom. The second-order valence-corrected chi connectivity index (χ2v) is 6.92. The summed E-state index contributed by atoms with van der Waals surface area (Å²) in [5.74, 6) is -1.55. The molecule has 5 N–H and O–H groups in total. The molecule has 0 fully saturated rings. The van der Waals surface area contributed by atoms with Gasteiger partial charge in [-0.2, -0.15) is 0 Å². The van der Waals surface area contributed by atoms with E-state index in [0.717, 1.165) is 6.26 Å². The molecule has 0 aliphatic heterocycles. The molecule has 0 saturated heterocycles. The third-order valence-electron chi connectivity index (χ3n) is 2.41. The highest BCUT2D eigenvalue weighted by atomic mass is 32.2. The summed E-state index contributed by atoms with van der Waals surface area (Å²) in [6, 6.07) is -1.78. The molecule has 0 spiro atoms. The number of amides is 2. The fourth-order valence-corrected chi connectivity index (χ4v) is 1.98. The van der Waals surface area contributed by atoms with Gasteiger partial charge >= 0.3 is 0 Å². The van der Waals surface area contributed by atoms with Crippen molar-refractivity contribution in [2.45, 2.75) is 32.4 Å². The summed E-state index contributed by atoms with van der Waals surface area (Å²) in [7, 11) is -3.17. The number of nitrogens with two attached hydrogens (primary N) is 2. The first-order chi connectivity index (χ1) is 8.04. The molecule has 7 nitrogen and oxygen atoms in total. The molecule has 106 valence electrons. The highest BCUT2D eigenvalue weighted by Gasteiger charge is 2.24. The molecule has 0 aliphatic carbocycles. The molecule has 8 heteroatoms. The lowest BCUT2D eigenvalue weighted by atomic mass is 10.0. The van der Waals surface area contributed by atoms with Crippen LogP contribution >= 0.6 is 0 Å². The molecule has 0 aliphatic rings. The summed E-state index contributed by atoms with van der Waals surface area (Å²) in [6.07, 6.45) is 1.08. The van der Waals surface area contributed by atoms with Crippen molar-refractivity contribution < 1.29 is 18.0 Å². The zero-order valence-electron chi connectivity index (χ0n) is 10.8. The molecule has 2 atom stereocenters. The van der Waals surface area contributed by atoms with Crippen LogP contribution in [0.25, 0.3) is 0 Å². The Morgan fingerprint density at radius 2 is 1.78 bits per heavy atom. The van der Waals surface area contributed by atoms with Gasteiger partial charge < -0.3 is 16.8 Å². The Labute approximate surface area is 107 Å². The number of sulfone groups is 1. The van der Waals surface area contributed by atoms with E-state index in [0.29, 0.717) is 0 Å². The SMILES string of the molecule is CC(C)C(NC(=O)C(N)CCS(C)(=O)=O)C(N)=O. The van der Waals surface area contributed by atoms with Crippen LogP contribution in [0.4, 0.5) is 0 Å². The first-order valence-corrected chi connectivity index (χ1v) is 7.63. The lowest BCUT2D eigenvalue weighted by Gasteiger charge is -2.21. The average molecular weight is 279 g/mol. The Kier molecular flexibility index (Phi) is 6.27. The molecule has 0 heterocycles. The second kappa shape index (κ2) is 6.69. The first kappa shape index (κ1) is 16.9. The fraction of sp³-hybridized carbons (Fsp3) is 0.800. The zero-order chi connectivity index (χ0) is 14.5.